The molecule has 4 nitrogen and oxygen atoms in total. The summed E-state index contributed by atoms with van der Waals surface area (Å²) >= 11 is 0. The van der Waals surface area contributed by atoms with Gasteiger partial charge in [0.2, 0.25) is 0 Å². The lowest BCUT2D eigenvalue weighted by atomic mass is 9.99. The summed E-state index contributed by atoms with van der Waals surface area (Å²) in [6.07, 6.45) is 0. The van der Waals surface area contributed by atoms with Crippen molar-refractivity contribution in [1.29, 1.82) is 0 Å². The molecule has 1 heterocycles. The predicted octanol–water partition coefficient (Wildman–Crippen LogP) is 3.84. The first-order chi connectivity index (χ1) is 11.5. The summed E-state index contributed by atoms with van der Waals surface area (Å²) in [5.74, 6) is -0.613. The summed E-state index contributed by atoms with van der Waals surface area (Å²) in [6.45, 7) is 3.88. The second kappa shape index (κ2) is 4.93. The van der Waals surface area contributed by atoms with E-state index in [2.05, 4.69) is 0 Å². The molecule has 4 heteroatoms. The molecule has 2 N–H and O–H groups in total. The Morgan fingerprint density at radius 3 is 2.29 bits per heavy atom. The number of carbonyl (C=O) groups excluding carboxylic acids is 2. The minimum Gasteiger partial charge on any atom is -0.398 e. The van der Waals surface area contributed by atoms with Crippen LogP contribution < -0.4 is 10.6 Å². The molecule has 3 aromatic rings. The van der Waals surface area contributed by atoms with Crippen LogP contribution in [0.15, 0.2) is 48.5 Å². The first kappa shape index (κ1) is 14.5. The largest absolute Gasteiger partial charge is 0.398 e. The Morgan fingerprint density at radius 1 is 0.875 bits per heavy atom. The molecule has 0 unspecified atom stereocenters. The Balaban J connectivity index is 1.98. The Morgan fingerprint density at radius 2 is 1.58 bits per heavy atom. The fourth-order valence-electron chi connectivity index (χ4n) is 3.40. The van der Waals surface area contributed by atoms with E-state index in [4.69, 9.17) is 5.73 Å². The molecule has 0 bridgehead atoms. The van der Waals surface area contributed by atoms with Crippen molar-refractivity contribution in [3.05, 3.63) is 70.8 Å². The standard InChI is InChI=1S/C20H16N2O2/c1-11-7-8-17(12(2)9-11)22-19(23)15-10-16(21)13-5-3-4-6-14(13)18(15)20(22)24/h3-10H,21H2,1-2H3. The highest BCUT2D eigenvalue weighted by Gasteiger charge is 2.39. The molecule has 118 valence electrons. The number of benzene rings is 3. The van der Waals surface area contributed by atoms with E-state index in [9.17, 15) is 9.59 Å². The highest BCUT2D eigenvalue weighted by Crippen LogP contribution is 2.37. The monoisotopic (exact) mass is 316 g/mol. The molecule has 2 amide bonds. The minimum absolute atomic E-state index is 0.293. The van der Waals surface area contributed by atoms with E-state index in [1.54, 1.807) is 6.07 Å². The molecule has 0 spiro atoms. The average Bonchev–Trinajstić information content (AvgIpc) is 2.80. The van der Waals surface area contributed by atoms with Gasteiger partial charge in [-0.25, -0.2) is 4.90 Å². The minimum atomic E-state index is -0.320. The summed E-state index contributed by atoms with van der Waals surface area (Å²) in [5, 5.41) is 1.51. The molecule has 0 radical (unpaired) electrons. The number of nitrogens with zero attached hydrogens (tertiary/aromatic N) is 1. The fraction of sp³-hybridized carbons (Fsp3) is 0.100. The number of amides is 2. The van der Waals surface area contributed by atoms with Gasteiger partial charge in [-0.2, -0.15) is 0 Å². The van der Waals surface area contributed by atoms with Crippen LogP contribution in [0.5, 0.6) is 0 Å². The van der Waals surface area contributed by atoms with Crippen LogP contribution in [0.3, 0.4) is 0 Å². The predicted molar refractivity (Wildman–Crippen MR) is 95.4 cm³/mol. The van der Waals surface area contributed by atoms with Crippen molar-refractivity contribution >= 4 is 34.0 Å². The molecule has 3 aromatic carbocycles. The molecule has 1 aliphatic rings. The molecule has 0 aliphatic carbocycles. The molecular formula is C20H16N2O2. The van der Waals surface area contributed by atoms with Gasteiger partial charge in [0.1, 0.15) is 0 Å². The van der Waals surface area contributed by atoms with Crippen LogP contribution in [0.25, 0.3) is 10.8 Å². The smallest absolute Gasteiger partial charge is 0.266 e. The molecule has 0 saturated heterocycles. The van der Waals surface area contributed by atoms with Crippen molar-refractivity contribution in [1.82, 2.24) is 0 Å². The fourth-order valence-corrected chi connectivity index (χ4v) is 3.40. The maximum absolute atomic E-state index is 13.0. The summed E-state index contributed by atoms with van der Waals surface area (Å²) < 4.78 is 0. The Hall–Kier alpha value is -3.14. The highest BCUT2D eigenvalue weighted by atomic mass is 16.2. The number of nitrogen functional groups attached to an aromatic ring is 1. The van der Waals surface area contributed by atoms with Gasteiger partial charge in [-0.1, -0.05) is 42.0 Å². The molecule has 4 rings (SSSR count). The number of anilines is 2. The summed E-state index contributed by atoms with van der Waals surface area (Å²) in [5.41, 5.74) is 10.00. The maximum atomic E-state index is 13.0. The zero-order chi connectivity index (χ0) is 17.0. The van der Waals surface area contributed by atoms with Crippen LogP contribution in [-0.2, 0) is 0 Å². The van der Waals surface area contributed by atoms with E-state index in [1.807, 2.05) is 56.3 Å². The summed E-state index contributed by atoms with van der Waals surface area (Å²) in [7, 11) is 0. The number of aryl methyl sites for hydroxylation is 2. The van der Waals surface area contributed by atoms with Crippen molar-refractivity contribution in [2.45, 2.75) is 13.8 Å². The molecule has 1 aliphatic heterocycles. The zero-order valence-corrected chi connectivity index (χ0v) is 13.5. The topological polar surface area (TPSA) is 63.4 Å². The number of fused-ring (bicyclic) bond motifs is 3. The van der Waals surface area contributed by atoms with Gasteiger partial charge in [0, 0.05) is 11.1 Å². The zero-order valence-electron chi connectivity index (χ0n) is 13.5. The van der Waals surface area contributed by atoms with E-state index in [0.29, 0.717) is 22.5 Å². The van der Waals surface area contributed by atoms with Crippen LogP contribution in [-0.4, -0.2) is 11.8 Å². The van der Waals surface area contributed by atoms with Crippen LogP contribution in [0.4, 0.5) is 11.4 Å². The van der Waals surface area contributed by atoms with Gasteiger partial charge < -0.3 is 5.73 Å². The normalized spacial score (nSPS) is 13.7. The van der Waals surface area contributed by atoms with Crippen molar-refractivity contribution in [2.24, 2.45) is 0 Å². The summed E-state index contributed by atoms with van der Waals surface area (Å²) in [4.78, 5) is 27.2. The second-order valence-corrected chi connectivity index (χ2v) is 6.17. The van der Waals surface area contributed by atoms with E-state index in [0.717, 1.165) is 21.9 Å². The number of hydrogen-bond acceptors (Lipinski definition) is 3. The van der Waals surface area contributed by atoms with E-state index in [1.165, 1.54) is 4.90 Å². The molecule has 0 atom stereocenters. The summed E-state index contributed by atoms with van der Waals surface area (Å²) in [6, 6.07) is 14.7. The third kappa shape index (κ3) is 1.86. The SMILES string of the molecule is Cc1ccc(N2C(=O)c3cc(N)c4ccccc4c3C2=O)c(C)c1. The number of hydrogen-bond donors (Lipinski definition) is 1. The lowest BCUT2D eigenvalue weighted by Crippen LogP contribution is -2.30. The van der Waals surface area contributed by atoms with Crippen LogP contribution in [0, 0.1) is 13.8 Å². The van der Waals surface area contributed by atoms with Crippen molar-refractivity contribution in [3.8, 4) is 0 Å². The second-order valence-electron chi connectivity index (χ2n) is 6.17. The number of carbonyl (C=O) groups is 2. The first-order valence-corrected chi connectivity index (χ1v) is 7.76. The molecule has 0 fully saturated rings. The lowest BCUT2D eigenvalue weighted by Gasteiger charge is -2.17. The lowest BCUT2D eigenvalue weighted by molar-refractivity contribution is 0.0926. The number of imide groups is 1. The molecule has 0 aromatic heterocycles. The van der Waals surface area contributed by atoms with Gasteiger partial charge in [-0.3, -0.25) is 9.59 Å². The highest BCUT2D eigenvalue weighted by molar-refractivity contribution is 6.38. The van der Waals surface area contributed by atoms with E-state index in [-0.39, 0.29) is 11.8 Å². The van der Waals surface area contributed by atoms with E-state index >= 15 is 0 Å². The van der Waals surface area contributed by atoms with E-state index < -0.39 is 0 Å². The van der Waals surface area contributed by atoms with Gasteiger partial charge in [0.15, 0.2) is 0 Å². The van der Waals surface area contributed by atoms with Gasteiger partial charge in [0.25, 0.3) is 11.8 Å². The molecule has 0 saturated carbocycles. The van der Waals surface area contributed by atoms with Gasteiger partial charge in [-0.05, 0) is 36.9 Å². The number of nitrogens with two attached hydrogens (primary N) is 1. The van der Waals surface area contributed by atoms with Crippen LogP contribution >= 0.6 is 0 Å². The van der Waals surface area contributed by atoms with Crippen LogP contribution in [0.1, 0.15) is 31.8 Å². The third-order valence-corrected chi connectivity index (χ3v) is 4.52. The maximum Gasteiger partial charge on any atom is 0.266 e. The van der Waals surface area contributed by atoms with Gasteiger partial charge in [0.05, 0.1) is 16.8 Å². The molecular weight excluding hydrogens is 300 g/mol. The van der Waals surface area contributed by atoms with Gasteiger partial charge >= 0.3 is 0 Å². The van der Waals surface area contributed by atoms with Crippen LogP contribution in [0.2, 0.25) is 0 Å². The Bertz CT molecular complexity index is 1040. The van der Waals surface area contributed by atoms with Gasteiger partial charge in [-0.15, -0.1) is 0 Å². The number of rotatable bonds is 1. The first-order valence-electron chi connectivity index (χ1n) is 7.76. The average molecular weight is 316 g/mol. The van der Waals surface area contributed by atoms with Crippen molar-refractivity contribution < 1.29 is 9.59 Å². The Labute approximate surface area is 139 Å². The van der Waals surface area contributed by atoms with Crippen molar-refractivity contribution in [3.63, 3.8) is 0 Å². The van der Waals surface area contributed by atoms with Crippen molar-refractivity contribution in [2.75, 3.05) is 10.6 Å². The third-order valence-electron chi connectivity index (χ3n) is 4.52. The molecule has 24 heavy (non-hydrogen) atoms. The quantitative estimate of drug-likeness (QED) is 0.548. The Kier molecular flexibility index (Phi) is 2.97.